The second-order valence-corrected chi connectivity index (χ2v) is 2.50. The lowest BCUT2D eigenvalue weighted by molar-refractivity contribution is 0.114. The number of hydrogen-bond acceptors (Lipinski definition) is 1. The Morgan fingerprint density at radius 2 is 1.71 bits per heavy atom. The molecule has 1 atom stereocenters. The summed E-state index contributed by atoms with van der Waals surface area (Å²) in [6.07, 6.45) is -2.91. The summed E-state index contributed by atoms with van der Waals surface area (Å²) in [6, 6.07) is 1.23. The molecule has 1 aromatic carbocycles. The molecule has 0 heterocycles. The Bertz CT molecular complexity index is 305. The fourth-order valence-electron chi connectivity index (χ4n) is 0.914. The highest BCUT2D eigenvalue weighted by Crippen LogP contribution is 2.22. The molecule has 6 heteroatoms. The van der Waals surface area contributed by atoms with Gasteiger partial charge < -0.3 is 5.73 Å². The van der Waals surface area contributed by atoms with Crippen LogP contribution in [-0.2, 0) is 0 Å². The van der Waals surface area contributed by atoms with Crippen molar-refractivity contribution in [2.45, 2.75) is 12.5 Å². The van der Waals surface area contributed by atoms with Gasteiger partial charge in [0.25, 0.3) is 6.43 Å². The summed E-state index contributed by atoms with van der Waals surface area (Å²) in [4.78, 5) is 0. The smallest absolute Gasteiger partial charge is 0.257 e. The van der Waals surface area contributed by atoms with E-state index in [4.69, 9.17) is 5.73 Å². The van der Waals surface area contributed by atoms with Crippen molar-refractivity contribution >= 4 is 12.4 Å². The molecule has 0 radical (unpaired) electrons. The molecule has 0 aromatic heterocycles. The molecule has 14 heavy (non-hydrogen) atoms. The van der Waals surface area contributed by atoms with Gasteiger partial charge in [-0.05, 0) is 6.07 Å². The van der Waals surface area contributed by atoms with Crippen LogP contribution in [0.5, 0.6) is 0 Å². The van der Waals surface area contributed by atoms with Gasteiger partial charge in [-0.1, -0.05) is 12.1 Å². The zero-order valence-corrected chi connectivity index (χ0v) is 7.70. The Morgan fingerprint density at radius 1 is 1.14 bits per heavy atom. The lowest BCUT2D eigenvalue weighted by Gasteiger charge is -2.11. The molecule has 1 nitrogen and oxygen atoms in total. The van der Waals surface area contributed by atoms with Gasteiger partial charge in [0, 0.05) is 5.56 Å². The van der Waals surface area contributed by atoms with Crippen LogP contribution in [0.4, 0.5) is 17.6 Å². The first-order valence-corrected chi connectivity index (χ1v) is 3.51. The van der Waals surface area contributed by atoms with E-state index in [0.29, 0.717) is 0 Å². The van der Waals surface area contributed by atoms with Crippen LogP contribution >= 0.6 is 12.4 Å². The predicted octanol–water partition coefficient (Wildman–Crippen LogP) is 2.65. The molecule has 1 aromatic rings. The van der Waals surface area contributed by atoms with Crippen molar-refractivity contribution < 1.29 is 17.6 Å². The minimum Gasteiger partial charge on any atom is -0.319 e. The zero-order chi connectivity index (χ0) is 10.0. The SMILES string of the molecule is Cl.N[C@H](c1cccc(F)c1F)C(F)F. The Hall–Kier alpha value is -0.810. The molecule has 1 rings (SSSR count). The van der Waals surface area contributed by atoms with Crippen molar-refractivity contribution in [3.8, 4) is 0 Å². The van der Waals surface area contributed by atoms with Crippen LogP contribution in [0.25, 0.3) is 0 Å². The van der Waals surface area contributed by atoms with Gasteiger partial charge in [0.05, 0.1) is 6.04 Å². The average Bonchev–Trinajstić information content (AvgIpc) is 2.08. The summed E-state index contributed by atoms with van der Waals surface area (Å²) in [7, 11) is 0. The summed E-state index contributed by atoms with van der Waals surface area (Å²) in [5, 5.41) is 0. The number of halogens is 5. The Labute approximate surface area is 84.3 Å². The molecule has 0 saturated carbocycles. The van der Waals surface area contributed by atoms with E-state index in [0.717, 1.165) is 18.2 Å². The third kappa shape index (κ3) is 2.59. The van der Waals surface area contributed by atoms with Crippen molar-refractivity contribution in [1.82, 2.24) is 0 Å². The molecular formula is C8H8ClF4N. The second kappa shape index (κ2) is 5.17. The standard InChI is InChI=1S/C8H7F4N.ClH/c9-5-3-1-2-4(6(5)10)7(13)8(11)12;/h1-3,7-8H,13H2;1H/t7-;/m1./s1. The zero-order valence-electron chi connectivity index (χ0n) is 6.88. The van der Waals surface area contributed by atoms with Crippen LogP contribution in [-0.4, -0.2) is 6.43 Å². The number of benzene rings is 1. The normalized spacial score (nSPS) is 12.4. The quantitative estimate of drug-likeness (QED) is 0.776. The molecule has 0 aliphatic carbocycles. The van der Waals surface area contributed by atoms with Crippen LogP contribution < -0.4 is 5.73 Å². The van der Waals surface area contributed by atoms with E-state index in [1.54, 1.807) is 0 Å². The van der Waals surface area contributed by atoms with E-state index in [1.165, 1.54) is 0 Å². The molecule has 2 N–H and O–H groups in total. The Morgan fingerprint density at radius 3 is 2.21 bits per heavy atom. The minimum atomic E-state index is -2.91. The highest BCUT2D eigenvalue weighted by Gasteiger charge is 2.22. The summed E-state index contributed by atoms with van der Waals surface area (Å²) in [5.41, 5.74) is 4.45. The second-order valence-electron chi connectivity index (χ2n) is 2.50. The summed E-state index contributed by atoms with van der Waals surface area (Å²) in [5.74, 6) is -2.48. The molecule has 0 aliphatic heterocycles. The maximum Gasteiger partial charge on any atom is 0.257 e. The molecule has 0 saturated heterocycles. The van der Waals surface area contributed by atoms with Gasteiger partial charge in [-0.2, -0.15) is 0 Å². The van der Waals surface area contributed by atoms with Crippen LogP contribution in [0.3, 0.4) is 0 Å². The molecule has 0 spiro atoms. The largest absolute Gasteiger partial charge is 0.319 e. The first-order valence-electron chi connectivity index (χ1n) is 3.51. The lowest BCUT2D eigenvalue weighted by Crippen LogP contribution is -2.20. The molecule has 80 valence electrons. The lowest BCUT2D eigenvalue weighted by atomic mass is 10.1. The van der Waals surface area contributed by atoms with Crippen LogP contribution in [0.15, 0.2) is 18.2 Å². The first kappa shape index (κ1) is 13.2. The van der Waals surface area contributed by atoms with Gasteiger partial charge >= 0.3 is 0 Å². The number of hydrogen-bond donors (Lipinski definition) is 1. The Kier molecular flexibility index (Phi) is 4.87. The van der Waals surface area contributed by atoms with Crippen molar-refractivity contribution in [1.29, 1.82) is 0 Å². The van der Waals surface area contributed by atoms with E-state index in [-0.39, 0.29) is 12.4 Å². The van der Waals surface area contributed by atoms with Gasteiger partial charge in [0.1, 0.15) is 0 Å². The van der Waals surface area contributed by atoms with Crippen molar-refractivity contribution in [2.75, 3.05) is 0 Å². The monoisotopic (exact) mass is 229 g/mol. The predicted molar refractivity (Wildman–Crippen MR) is 46.5 cm³/mol. The maximum absolute atomic E-state index is 12.8. The third-order valence-electron chi connectivity index (χ3n) is 1.61. The number of nitrogens with two attached hydrogens (primary N) is 1. The van der Waals surface area contributed by atoms with Gasteiger partial charge in [-0.3, -0.25) is 0 Å². The summed E-state index contributed by atoms with van der Waals surface area (Å²) < 4.78 is 49.4. The summed E-state index contributed by atoms with van der Waals surface area (Å²) in [6.45, 7) is 0. The minimum absolute atomic E-state index is 0. The van der Waals surface area contributed by atoms with E-state index < -0.39 is 29.7 Å². The number of rotatable bonds is 2. The van der Waals surface area contributed by atoms with E-state index in [9.17, 15) is 17.6 Å². The average molecular weight is 230 g/mol. The van der Waals surface area contributed by atoms with Crippen LogP contribution in [0, 0.1) is 11.6 Å². The molecule has 0 aliphatic rings. The van der Waals surface area contributed by atoms with Crippen LogP contribution in [0.2, 0.25) is 0 Å². The van der Waals surface area contributed by atoms with Crippen molar-refractivity contribution in [2.24, 2.45) is 5.73 Å². The summed E-state index contributed by atoms with van der Waals surface area (Å²) >= 11 is 0. The topological polar surface area (TPSA) is 26.0 Å². The maximum atomic E-state index is 12.8. The number of alkyl halides is 2. The molecule has 0 unspecified atom stereocenters. The highest BCUT2D eigenvalue weighted by atomic mass is 35.5. The molecule has 0 fully saturated rings. The molecule has 0 bridgehead atoms. The molecule has 0 amide bonds. The van der Waals surface area contributed by atoms with Crippen LogP contribution in [0.1, 0.15) is 11.6 Å². The van der Waals surface area contributed by atoms with Crippen molar-refractivity contribution in [3.63, 3.8) is 0 Å². The Balaban J connectivity index is 0.00000169. The van der Waals surface area contributed by atoms with Gasteiger partial charge in [0.2, 0.25) is 0 Å². The third-order valence-corrected chi connectivity index (χ3v) is 1.61. The fourth-order valence-corrected chi connectivity index (χ4v) is 0.914. The van der Waals surface area contributed by atoms with E-state index >= 15 is 0 Å². The van der Waals surface area contributed by atoms with E-state index in [2.05, 4.69) is 0 Å². The van der Waals surface area contributed by atoms with Gasteiger partial charge in [0.15, 0.2) is 11.6 Å². The van der Waals surface area contributed by atoms with E-state index in [1.807, 2.05) is 0 Å². The molecular weight excluding hydrogens is 222 g/mol. The van der Waals surface area contributed by atoms with Gasteiger partial charge in [-0.25, -0.2) is 17.6 Å². The van der Waals surface area contributed by atoms with Crippen molar-refractivity contribution in [3.05, 3.63) is 35.4 Å². The highest BCUT2D eigenvalue weighted by molar-refractivity contribution is 5.85. The van der Waals surface area contributed by atoms with Gasteiger partial charge in [-0.15, -0.1) is 12.4 Å². The first-order chi connectivity index (χ1) is 6.04. The fraction of sp³-hybridized carbons (Fsp3) is 0.250.